The van der Waals surface area contributed by atoms with Gasteiger partial charge in [0.25, 0.3) is 0 Å². The average Bonchev–Trinajstić information content (AvgIpc) is 3.07. The molecule has 0 unspecified atom stereocenters. The molecule has 0 aliphatic carbocycles. The van der Waals surface area contributed by atoms with Crippen LogP contribution in [0.5, 0.6) is 0 Å². The number of halogens is 1. The summed E-state index contributed by atoms with van der Waals surface area (Å²) >= 11 is 6.04. The number of aromatic nitrogens is 3. The number of piperidine rings is 1. The Morgan fingerprint density at radius 2 is 1.92 bits per heavy atom. The maximum atomic E-state index is 6.04. The summed E-state index contributed by atoms with van der Waals surface area (Å²) in [5.41, 5.74) is 3.20. The molecule has 26 heavy (non-hydrogen) atoms. The van der Waals surface area contributed by atoms with Gasteiger partial charge in [-0.2, -0.15) is 5.10 Å². The Bertz CT molecular complexity index is 869. The molecular formula is C20H23ClN4O. The van der Waals surface area contributed by atoms with Gasteiger partial charge in [0.1, 0.15) is 5.69 Å². The maximum absolute atomic E-state index is 6.04. The van der Waals surface area contributed by atoms with Crippen LogP contribution in [0, 0.1) is 0 Å². The number of rotatable bonds is 5. The third-order valence-corrected chi connectivity index (χ3v) is 5.39. The maximum Gasteiger partial charge on any atom is 0.102 e. The third-order valence-electron chi connectivity index (χ3n) is 5.14. The third kappa shape index (κ3) is 3.47. The molecule has 0 saturated carbocycles. The van der Waals surface area contributed by atoms with Crippen LogP contribution < -0.4 is 0 Å². The number of nitrogens with zero attached hydrogens (tertiary/aromatic N) is 4. The fourth-order valence-corrected chi connectivity index (χ4v) is 3.82. The van der Waals surface area contributed by atoms with Crippen LogP contribution in [0.1, 0.15) is 18.9 Å². The lowest BCUT2D eigenvalue weighted by molar-refractivity contribution is 0.120. The summed E-state index contributed by atoms with van der Waals surface area (Å²) in [5, 5.41) is 6.82. The van der Waals surface area contributed by atoms with Crippen LogP contribution in [0.4, 0.5) is 0 Å². The highest BCUT2D eigenvalue weighted by atomic mass is 35.5. The van der Waals surface area contributed by atoms with Gasteiger partial charge in [0.15, 0.2) is 0 Å². The van der Waals surface area contributed by atoms with Crippen LogP contribution in [0.25, 0.3) is 22.2 Å². The first-order valence-corrected chi connectivity index (χ1v) is 9.43. The minimum Gasteiger partial charge on any atom is -0.383 e. The van der Waals surface area contributed by atoms with Crippen LogP contribution in [0.2, 0.25) is 5.02 Å². The fraction of sp³-hybridized carbons (Fsp3) is 0.400. The van der Waals surface area contributed by atoms with Gasteiger partial charge < -0.3 is 9.64 Å². The highest BCUT2D eigenvalue weighted by Crippen LogP contribution is 2.32. The molecule has 0 radical (unpaired) electrons. The molecule has 1 saturated heterocycles. The first kappa shape index (κ1) is 17.5. The van der Waals surface area contributed by atoms with Crippen LogP contribution in [0.15, 0.2) is 42.7 Å². The summed E-state index contributed by atoms with van der Waals surface area (Å²) in [6, 6.07) is 10.3. The zero-order valence-corrected chi connectivity index (χ0v) is 15.7. The van der Waals surface area contributed by atoms with Gasteiger partial charge in [-0.05, 0) is 31.0 Å². The van der Waals surface area contributed by atoms with E-state index in [4.69, 9.17) is 21.4 Å². The zero-order chi connectivity index (χ0) is 17.9. The number of benzene rings is 1. The van der Waals surface area contributed by atoms with Crippen molar-refractivity contribution in [3.63, 3.8) is 0 Å². The molecule has 1 aromatic carbocycles. The number of likely N-dealkylation sites (tertiary alicyclic amines) is 1. The second-order valence-corrected chi connectivity index (χ2v) is 7.19. The monoisotopic (exact) mass is 370 g/mol. The molecule has 0 bridgehead atoms. The van der Waals surface area contributed by atoms with Crippen molar-refractivity contribution in [2.45, 2.75) is 18.9 Å². The Labute approximate surface area is 158 Å². The van der Waals surface area contributed by atoms with Gasteiger partial charge in [0.05, 0.1) is 18.2 Å². The Hall–Kier alpha value is -1.95. The molecule has 1 fully saturated rings. The minimum absolute atomic E-state index is 0.416. The summed E-state index contributed by atoms with van der Waals surface area (Å²) < 4.78 is 7.40. The average molecular weight is 371 g/mol. The van der Waals surface area contributed by atoms with E-state index in [-0.39, 0.29) is 0 Å². The highest BCUT2D eigenvalue weighted by Gasteiger charge is 2.24. The first-order valence-electron chi connectivity index (χ1n) is 9.05. The van der Waals surface area contributed by atoms with Gasteiger partial charge in [-0.1, -0.05) is 23.7 Å². The van der Waals surface area contributed by atoms with Gasteiger partial charge in [0.2, 0.25) is 0 Å². The number of methoxy groups -OCH3 is 1. The lowest BCUT2D eigenvalue weighted by Crippen LogP contribution is -2.36. The van der Waals surface area contributed by atoms with E-state index in [9.17, 15) is 0 Å². The van der Waals surface area contributed by atoms with Gasteiger partial charge in [-0.15, -0.1) is 0 Å². The smallest absolute Gasteiger partial charge is 0.102 e. The quantitative estimate of drug-likeness (QED) is 0.680. The molecule has 0 amide bonds. The largest absolute Gasteiger partial charge is 0.383 e. The number of pyridine rings is 1. The van der Waals surface area contributed by atoms with Crippen LogP contribution in [-0.2, 0) is 4.74 Å². The van der Waals surface area contributed by atoms with Gasteiger partial charge in [-0.3, -0.25) is 9.67 Å². The lowest BCUT2D eigenvalue weighted by atomic mass is 10.0. The molecule has 5 nitrogen and oxygen atoms in total. The molecule has 0 atom stereocenters. The van der Waals surface area contributed by atoms with Gasteiger partial charge >= 0.3 is 0 Å². The van der Waals surface area contributed by atoms with Gasteiger partial charge in [-0.25, -0.2) is 0 Å². The molecule has 4 rings (SSSR count). The minimum atomic E-state index is 0.416. The van der Waals surface area contributed by atoms with Crippen molar-refractivity contribution in [2.24, 2.45) is 0 Å². The second-order valence-electron chi connectivity index (χ2n) is 6.76. The van der Waals surface area contributed by atoms with E-state index < -0.39 is 0 Å². The van der Waals surface area contributed by atoms with E-state index in [2.05, 4.69) is 20.6 Å². The molecule has 0 spiro atoms. The van der Waals surface area contributed by atoms with Crippen LogP contribution in [-0.4, -0.2) is 53.0 Å². The Kier molecular flexibility index (Phi) is 5.20. The molecule has 2 aromatic heterocycles. The fourth-order valence-electron chi connectivity index (χ4n) is 3.69. The predicted octanol–water partition coefficient (Wildman–Crippen LogP) is 4.04. The Morgan fingerprint density at radius 3 is 2.65 bits per heavy atom. The molecular weight excluding hydrogens is 348 g/mol. The van der Waals surface area contributed by atoms with Crippen molar-refractivity contribution in [1.29, 1.82) is 0 Å². The molecule has 1 aliphatic rings. The normalized spacial score (nSPS) is 16.4. The lowest BCUT2D eigenvalue weighted by Gasteiger charge is -2.32. The molecule has 1 aliphatic heterocycles. The summed E-state index contributed by atoms with van der Waals surface area (Å²) in [4.78, 5) is 6.78. The standard InChI is InChI=1S/C20H23ClN4O/c1-26-13-12-24-10-7-17(8-11-24)25-19-6-9-22-14-18(19)20(23-25)15-2-4-16(21)5-3-15/h2-6,9,14,17H,7-8,10-13H2,1H3. The van der Waals surface area contributed by atoms with E-state index in [1.165, 1.54) is 0 Å². The number of hydrogen-bond acceptors (Lipinski definition) is 4. The van der Waals surface area contributed by atoms with Crippen molar-refractivity contribution in [1.82, 2.24) is 19.7 Å². The van der Waals surface area contributed by atoms with E-state index in [1.54, 1.807) is 7.11 Å². The number of fused-ring (bicyclic) bond motifs is 1. The Balaban J connectivity index is 1.63. The topological polar surface area (TPSA) is 43.2 Å². The van der Waals surface area contributed by atoms with Crippen LogP contribution >= 0.6 is 11.6 Å². The van der Waals surface area contributed by atoms with Crippen LogP contribution in [0.3, 0.4) is 0 Å². The summed E-state index contributed by atoms with van der Waals surface area (Å²) in [6.07, 6.45) is 5.96. The number of hydrogen-bond donors (Lipinski definition) is 0. The molecule has 136 valence electrons. The highest BCUT2D eigenvalue weighted by molar-refractivity contribution is 6.30. The van der Waals surface area contributed by atoms with E-state index in [0.29, 0.717) is 6.04 Å². The second kappa shape index (κ2) is 7.74. The van der Waals surface area contributed by atoms with Crippen molar-refractivity contribution < 1.29 is 4.74 Å². The van der Waals surface area contributed by atoms with Gasteiger partial charge in [0, 0.05) is 55.1 Å². The van der Waals surface area contributed by atoms with E-state index >= 15 is 0 Å². The molecule has 3 aromatic rings. The molecule has 6 heteroatoms. The molecule has 3 heterocycles. The number of ether oxygens (including phenoxy) is 1. The van der Waals surface area contributed by atoms with E-state index in [1.807, 2.05) is 36.7 Å². The zero-order valence-electron chi connectivity index (χ0n) is 14.9. The SMILES string of the molecule is COCCN1CCC(n2nc(-c3ccc(Cl)cc3)c3cnccc32)CC1. The summed E-state index contributed by atoms with van der Waals surface area (Å²) in [5.74, 6) is 0. The van der Waals surface area contributed by atoms with Crippen molar-refractivity contribution in [2.75, 3.05) is 33.4 Å². The first-order chi connectivity index (χ1) is 12.8. The van der Waals surface area contributed by atoms with Crippen molar-refractivity contribution >= 4 is 22.5 Å². The van der Waals surface area contributed by atoms with Crippen molar-refractivity contribution in [3.8, 4) is 11.3 Å². The summed E-state index contributed by atoms with van der Waals surface area (Å²) in [6.45, 7) is 3.96. The predicted molar refractivity (Wildman–Crippen MR) is 105 cm³/mol. The van der Waals surface area contributed by atoms with E-state index in [0.717, 1.165) is 66.3 Å². The summed E-state index contributed by atoms with van der Waals surface area (Å²) in [7, 11) is 1.76. The van der Waals surface area contributed by atoms with Crippen molar-refractivity contribution in [3.05, 3.63) is 47.7 Å². The molecule has 0 N–H and O–H groups in total. The Morgan fingerprint density at radius 1 is 1.15 bits per heavy atom.